The third kappa shape index (κ3) is 3.84. The van der Waals surface area contributed by atoms with Gasteiger partial charge in [0.2, 0.25) is 5.91 Å². The zero-order valence-corrected chi connectivity index (χ0v) is 13.4. The average Bonchev–Trinajstić information content (AvgIpc) is 2.95. The molecule has 0 spiro atoms. The van der Waals surface area contributed by atoms with Crippen LogP contribution >= 0.6 is 0 Å². The Morgan fingerprint density at radius 2 is 1.65 bits per heavy atom. The van der Waals surface area contributed by atoms with Crippen molar-refractivity contribution in [2.24, 2.45) is 0 Å². The summed E-state index contributed by atoms with van der Waals surface area (Å²) in [7, 11) is 0. The van der Waals surface area contributed by atoms with Crippen molar-refractivity contribution in [1.82, 2.24) is 5.32 Å². The van der Waals surface area contributed by atoms with Crippen LogP contribution in [0.1, 0.15) is 22.3 Å². The van der Waals surface area contributed by atoms with Gasteiger partial charge >= 0.3 is 6.18 Å². The van der Waals surface area contributed by atoms with Gasteiger partial charge in [-0.2, -0.15) is 13.2 Å². The highest BCUT2D eigenvalue weighted by atomic mass is 19.4. The number of alkyl halides is 3. The predicted octanol–water partition coefficient (Wildman–Crippen LogP) is 3.38. The third-order valence-electron chi connectivity index (χ3n) is 4.07. The first-order valence-electron chi connectivity index (χ1n) is 7.78. The van der Waals surface area contributed by atoms with Crippen LogP contribution in [0.3, 0.4) is 0 Å². The lowest BCUT2D eigenvalue weighted by Crippen LogP contribution is -2.37. The monoisotopic (exact) mass is 366 g/mol. The van der Waals surface area contributed by atoms with Gasteiger partial charge in [-0.15, -0.1) is 0 Å². The fourth-order valence-electron chi connectivity index (χ4n) is 2.75. The molecule has 3 rings (SSSR count). The molecule has 0 aromatic heterocycles. The van der Waals surface area contributed by atoms with E-state index >= 15 is 0 Å². The van der Waals surface area contributed by atoms with Gasteiger partial charge in [-0.05, 0) is 48.5 Å². The van der Waals surface area contributed by atoms with Gasteiger partial charge in [-0.1, -0.05) is 0 Å². The molecule has 1 heterocycles. The molecule has 0 saturated carbocycles. The lowest BCUT2D eigenvalue weighted by Gasteiger charge is -2.17. The quantitative estimate of drug-likeness (QED) is 0.847. The lowest BCUT2D eigenvalue weighted by molar-refractivity contribution is -0.137. The maximum atomic E-state index is 13.0. The molecule has 2 aromatic carbocycles. The number of anilines is 1. The Morgan fingerprint density at radius 3 is 2.23 bits per heavy atom. The maximum absolute atomic E-state index is 13.0. The highest BCUT2D eigenvalue weighted by Crippen LogP contribution is 2.29. The van der Waals surface area contributed by atoms with E-state index < -0.39 is 29.5 Å². The summed E-state index contributed by atoms with van der Waals surface area (Å²) >= 11 is 0. The van der Waals surface area contributed by atoms with Crippen LogP contribution in [0.4, 0.5) is 23.2 Å². The molecule has 136 valence electrons. The number of nitrogens with one attached hydrogen (secondary N) is 1. The topological polar surface area (TPSA) is 49.4 Å². The van der Waals surface area contributed by atoms with E-state index in [2.05, 4.69) is 5.32 Å². The van der Waals surface area contributed by atoms with Crippen LogP contribution < -0.4 is 10.2 Å². The van der Waals surface area contributed by atoms with E-state index in [9.17, 15) is 27.2 Å². The molecule has 0 radical (unpaired) electrons. The molecule has 8 heteroatoms. The number of rotatable bonds is 3. The fraction of sp³-hybridized carbons (Fsp3) is 0.222. The van der Waals surface area contributed by atoms with Crippen molar-refractivity contribution >= 4 is 17.5 Å². The number of benzene rings is 2. The normalized spacial score (nSPS) is 17.5. The van der Waals surface area contributed by atoms with E-state index in [-0.39, 0.29) is 24.4 Å². The summed E-state index contributed by atoms with van der Waals surface area (Å²) < 4.78 is 50.6. The van der Waals surface area contributed by atoms with E-state index in [1.54, 1.807) is 0 Å². The number of nitrogens with zero attached hydrogens (tertiary/aromatic N) is 1. The first-order valence-corrected chi connectivity index (χ1v) is 7.78. The molecule has 0 bridgehead atoms. The van der Waals surface area contributed by atoms with Gasteiger partial charge in [0.05, 0.1) is 11.6 Å². The molecule has 0 unspecified atom stereocenters. The van der Waals surface area contributed by atoms with Crippen LogP contribution in [-0.4, -0.2) is 24.4 Å². The molecule has 2 amide bonds. The number of hydrogen-bond acceptors (Lipinski definition) is 2. The van der Waals surface area contributed by atoms with Crippen LogP contribution in [-0.2, 0) is 11.0 Å². The lowest BCUT2D eigenvalue weighted by atomic mass is 10.1. The second kappa shape index (κ2) is 6.78. The molecule has 0 aliphatic carbocycles. The van der Waals surface area contributed by atoms with Crippen molar-refractivity contribution < 1.29 is 27.2 Å². The van der Waals surface area contributed by atoms with Crippen molar-refractivity contribution in [2.45, 2.75) is 18.6 Å². The summed E-state index contributed by atoms with van der Waals surface area (Å²) in [5.74, 6) is -1.21. The van der Waals surface area contributed by atoms with Gasteiger partial charge in [-0.25, -0.2) is 4.39 Å². The number of amides is 2. The summed E-state index contributed by atoms with van der Waals surface area (Å²) in [6.45, 7) is 0.205. The van der Waals surface area contributed by atoms with Crippen LogP contribution in [0, 0.1) is 5.82 Å². The van der Waals surface area contributed by atoms with E-state index in [1.165, 1.54) is 29.2 Å². The fourth-order valence-corrected chi connectivity index (χ4v) is 2.75. The molecule has 1 aliphatic rings. The van der Waals surface area contributed by atoms with Crippen LogP contribution in [0.2, 0.25) is 0 Å². The summed E-state index contributed by atoms with van der Waals surface area (Å²) in [6.07, 6.45) is -4.41. The number of hydrogen-bond donors (Lipinski definition) is 1. The third-order valence-corrected chi connectivity index (χ3v) is 4.07. The molecule has 1 fully saturated rings. The standard InChI is InChI=1S/C18H14F4N2O2/c19-13-5-7-15(8-6-13)24-10-14(9-16(24)25)23-17(26)11-1-3-12(4-2-11)18(20,21)22/h1-8,14H,9-10H2,(H,23,26)/t14-/m1/s1. The van der Waals surface area contributed by atoms with Gasteiger partial charge in [0.1, 0.15) is 5.82 Å². The highest BCUT2D eigenvalue weighted by Gasteiger charge is 2.32. The zero-order chi connectivity index (χ0) is 18.9. The SMILES string of the molecule is O=C(N[C@@H]1CC(=O)N(c2ccc(F)cc2)C1)c1ccc(C(F)(F)F)cc1. The second-order valence-corrected chi connectivity index (χ2v) is 5.93. The van der Waals surface area contributed by atoms with Crippen molar-refractivity contribution in [3.05, 3.63) is 65.5 Å². The Hall–Kier alpha value is -2.90. The van der Waals surface area contributed by atoms with E-state index in [4.69, 9.17) is 0 Å². The molecular weight excluding hydrogens is 352 g/mol. The van der Waals surface area contributed by atoms with Gasteiger partial charge < -0.3 is 10.2 Å². The molecule has 1 aliphatic heterocycles. The molecule has 1 N–H and O–H groups in total. The smallest absolute Gasteiger partial charge is 0.347 e. The van der Waals surface area contributed by atoms with Crippen molar-refractivity contribution in [2.75, 3.05) is 11.4 Å². The summed E-state index contributed by atoms with van der Waals surface area (Å²) in [5, 5.41) is 2.64. The van der Waals surface area contributed by atoms with Crippen LogP contribution in [0.15, 0.2) is 48.5 Å². The first kappa shape index (κ1) is 17.9. The van der Waals surface area contributed by atoms with Crippen molar-refractivity contribution in [1.29, 1.82) is 0 Å². The second-order valence-electron chi connectivity index (χ2n) is 5.93. The number of carbonyl (C=O) groups excluding carboxylic acids is 2. The molecule has 1 saturated heterocycles. The number of halogens is 4. The molecule has 1 atom stereocenters. The average molecular weight is 366 g/mol. The van der Waals surface area contributed by atoms with Crippen LogP contribution in [0.5, 0.6) is 0 Å². The van der Waals surface area contributed by atoms with Gasteiger partial charge in [0, 0.05) is 24.2 Å². The van der Waals surface area contributed by atoms with Crippen molar-refractivity contribution in [3.8, 4) is 0 Å². The Bertz CT molecular complexity index is 817. The van der Waals surface area contributed by atoms with Gasteiger partial charge in [0.25, 0.3) is 5.91 Å². The molecule has 4 nitrogen and oxygen atoms in total. The highest BCUT2D eigenvalue weighted by molar-refractivity contribution is 5.98. The summed E-state index contributed by atoms with van der Waals surface area (Å²) in [6, 6.07) is 8.76. The number of carbonyl (C=O) groups is 2. The zero-order valence-electron chi connectivity index (χ0n) is 13.4. The van der Waals surface area contributed by atoms with Crippen LogP contribution in [0.25, 0.3) is 0 Å². The Balaban J connectivity index is 1.65. The van der Waals surface area contributed by atoms with Gasteiger partial charge in [0.15, 0.2) is 0 Å². The minimum absolute atomic E-state index is 0.0593. The first-order chi connectivity index (χ1) is 12.2. The van der Waals surface area contributed by atoms with Gasteiger partial charge in [-0.3, -0.25) is 9.59 Å². The molecular formula is C18H14F4N2O2. The summed E-state index contributed by atoms with van der Waals surface area (Å²) in [5.41, 5.74) is -0.249. The maximum Gasteiger partial charge on any atom is 0.416 e. The minimum atomic E-state index is -4.47. The Labute approximate surface area is 146 Å². The van der Waals surface area contributed by atoms with E-state index in [1.807, 2.05) is 0 Å². The largest absolute Gasteiger partial charge is 0.416 e. The molecule has 26 heavy (non-hydrogen) atoms. The predicted molar refractivity (Wildman–Crippen MR) is 86.1 cm³/mol. The van der Waals surface area contributed by atoms with Crippen molar-refractivity contribution in [3.63, 3.8) is 0 Å². The Kier molecular flexibility index (Phi) is 4.67. The minimum Gasteiger partial charge on any atom is -0.347 e. The summed E-state index contributed by atoms with van der Waals surface area (Å²) in [4.78, 5) is 25.7. The van der Waals surface area contributed by atoms with E-state index in [0.29, 0.717) is 5.69 Å². The van der Waals surface area contributed by atoms with E-state index in [0.717, 1.165) is 24.3 Å². The Morgan fingerprint density at radius 1 is 1.04 bits per heavy atom. The molecule has 2 aromatic rings.